The molecule has 0 bridgehead atoms. The van der Waals surface area contributed by atoms with Gasteiger partial charge in [0, 0.05) is 37.4 Å². The van der Waals surface area contributed by atoms with Crippen molar-refractivity contribution in [3.8, 4) is 5.75 Å². The summed E-state index contributed by atoms with van der Waals surface area (Å²) in [4.78, 5) is 29.6. The number of hydrogen-bond acceptors (Lipinski definition) is 4. The molecule has 29 heavy (non-hydrogen) atoms. The van der Waals surface area contributed by atoms with E-state index in [4.69, 9.17) is 4.74 Å². The number of anilines is 1. The Bertz CT molecular complexity index is 860. The van der Waals surface area contributed by atoms with Crippen molar-refractivity contribution >= 4 is 17.5 Å². The molecule has 2 aromatic carbocycles. The minimum atomic E-state index is -0.603. The second-order valence-electron chi connectivity index (χ2n) is 7.50. The van der Waals surface area contributed by atoms with Crippen molar-refractivity contribution in [2.75, 3.05) is 38.5 Å². The normalized spacial score (nSPS) is 15.6. The predicted octanol–water partition coefficient (Wildman–Crippen LogP) is 3.18. The Morgan fingerprint density at radius 1 is 1.07 bits per heavy atom. The van der Waals surface area contributed by atoms with Gasteiger partial charge in [-0.2, -0.15) is 0 Å². The maximum atomic E-state index is 12.8. The van der Waals surface area contributed by atoms with E-state index in [9.17, 15) is 9.59 Å². The van der Waals surface area contributed by atoms with E-state index in [2.05, 4.69) is 17.3 Å². The highest BCUT2D eigenvalue weighted by Crippen LogP contribution is 2.18. The van der Waals surface area contributed by atoms with Crippen molar-refractivity contribution < 1.29 is 14.3 Å². The first-order chi connectivity index (χ1) is 14.0. The van der Waals surface area contributed by atoms with E-state index in [1.165, 1.54) is 0 Å². The zero-order chi connectivity index (χ0) is 20.8. The van der Waals surface area contributed by atoms with Gasteiger partial charge in [0.2, 0.25) is 0 Å². The van der Waals surface area contributed by atoms with E-state index < -0.39 is 6.10 Å². The molecule has 6 nitrogen and oxygen atoms in total. The first-order valence-electron chi connectivity index (χ1n) is 10.1. The third-order valence-corrected chi connectivity index (χ3v) is 5.10. The Morgan fingerprint density at radius 2 is 1.79 bits per heavy atom. The number of benzene rings is 2. The molecular weight excluding hydrogens is 366 g/mol. The zero-order valence-corrected chi connectivity index (χ0v) is 17.4. The molecule has 1 N–H and O–H groups in total. The number of aryl methyl sites for hydroxylation is 1. The summed E-state index contributed by atoms with van der Waals surface area (Å²) in [6.45, 7) is 7.07. The summed E-state index contributed by atoms with van der Waals surface area (Å²) in [5.74, 6) is 0.446. The number of amides is 2. The Labute approximate surface area is 172 Å². The molecule has 0 radical (unpaired) electrons. The Kier molecular flexibility index (Phi) is 6.88. The monoisotopic (exact) mass is 395 g/mol. The summed E-state index contributed by atoms with van der Waals surface area (Å²) in [7, 11) is 2.06. The van der Waals surface area contributed by atoms with Gasteiger partial charge >= 0.3 is 0 Å². The lowest BCUT2D eigenvalue weighted by Crippen LogP contribution is -2.47. The molecule has 1 saturated heterocycles. The number of rotatable bonds is 6. The van der Waals surface area contributed by atoms with Crippen LogP contribution in [0, 0.1) is 6.92 Å². The lowest BCUT2D eigenvalue weighted by Gasteiger charge is -2.32. The lowest BCUT2D eigenvalue weighted by atomic mass is 10.1. The number of carbonyl (C=O) groups excluding carboxylic acids is 2. The van der Waals surface area contributed by atoms with Crippen LogP contribution < -0.4 is 10.1 Å². The summed E-state index contributed by atoms with van der Waals surface area (Å²) in [5.41, 5.74) is 2.26. The van der Waals surface area contributed by atoms with Crippen molar-refractivity contribution in [1.82, 2.24) is 9.80 Å². The van der Waals surface area contributed by atoms with Crippen LogP contribution in [-0.2, 0) is 4.79 Å². The Balaban J connectivity index is 1.65. The molecular formula is C23H29N3O3. The van der Waals surface area contributed by atoms with E-state index in [1.807, 2.05) is 43.0 Å². The maximum Gasteiger partial charge on any atom is 0.265 e. The Hall–Kier alpha value is -2.86. The maximum absolute atomic E-state index is 12.8. The van der Waals surface area contributed by atoms with Crippen LogP contribution in [0.25, 0.3) is 0 Å². The summed E-state index contributed by atoms with van der Waals surface area (Å²) < 4.78 is 5.87. The average molecular weight is 396 g/mol. The van der Waals surface area contributed by atoms with Gasteiger partial charge in [-0.15, -0.1) is 0 Å². The Morgan fingerprint density at radius 3 is 2.48 bits per heavy atom. The van der Waals surface area contributed by atoms with Gasteiger partial charge in [-0.3, -0.25) is 9.59 Å². The molecule has 2 aromatic rings. The van der Waals surface area contributed by atoms with Crippen LogP contribution in [0.1, 0.15) is 29.3 Å². The molecule has 1 aliphatic rings. The van der Waals surface area contributed by atoms with Crippen LogP contribution in [0.2, 0.25) is 0 Å². The van der Waals surface area contributed by atoms with E-state index in [1.54, 1.807) is 24.3 Å². The van der Waals surface area contributed by atoms with Gasteiger partial charge < -0.3 is 19.9 Å². The highest BCUT2D eigenvalue weighted by Gasteiger charge is 2.22. The van der Waals surface area contributed by atoms with Crippen LogP contribution >= 0.6 is 0 Å². The second kappa shape index (κ2) is 9.56. The number of piperazine rings is 1. The summed E-state index contributed by atoms with van der Waals surface area (Å²) in [5, 5.41) is 2.89. The van der Waals surface area contributed by atoms with Crippen LogP contribution in [0.15, 0.2) is 48.5 Å². The van der Waals surface area contributed by atoms with Crippen LogP contribution in [0.4, 0.5) is 5.69 Å². The molecule has 154 valence electrons. The second-order valence-corrected chi connectivity index (χ2v) is 7.50. The smallest absolute Gasteiger partial charge is 0.265 e. The van der Waals surface area contributed by atoms with Gasteiger partial charge in [0.1, 0.15) is 5.75 Å². The van der Waals surface area contributed by atoms with Gasteiger partial charge in [-0.1, -0.05) is 25.1 Å². The fourth-order valence-electron chi connectivity index (χ4n) is 3.32. The molecule has 1 heterocycles. The molecule has 1 aliphatic heterocycles. The number of nitrogens with zero attached hydrogens (tertiary/aromatic N) is 2. The number of nitrogens with one attached hydrogen (secondary N) is 1. The molecule has 0 spiro atoms. The van der Waals surface area contributed by atoms with Crippen molar-refractivity contribution in [3.05, 3.63) is 59.7 Å². The molecule has 3 rings (SSSR count). The third kappa shape index (κ3) is 5.57. The number of carbonyl (C=O) groups is 2. The molecule has 0 aliphatic carbocycles. The first kappa shape index (κ1) is 20.9. The zero-order valence-electron chi connectivity index (χ0n) is 17.4. The van der Waals surface area contributed by atoms with Gasteiger partial charge in [-0.05, 0) is 56.3 Å². The average Bonchev–Trinajstić information content (AvgIpc) is 2.72. The van der Waals surface area contributed by atoms with Crippen molar-refractivity contribution in [2.24, 2.45) is 0 Å². The first-order valence-corrected chi connectivity index (χ1v) is 10.1. The molecule has 1 unspecified atom stereocenters. The van der Waals surface area contributed by atoms with Crippen LogP contribution in [-0.4, -0.2) is 60.9 Å². The van der Waals surface area contributed by atoms with E-state index in [0.29, 0.717) is 36.5 Å². The number of likely N-dealkylation sites (N-methyl/N-ethyl adjacent to an activating group) is 1. The molecule has 0 aromatic heterocycles. The van der Waals surface area contributed by atoms with Crippen molar-refractivity contribution in [1.29, 1.82) is 0 Å². The van der Waals surface area contributed by atoms with Crippen molar-refractivity contribution in [2.45, 2.75) is 26.4 Å². The fourth-order valence-corrected chi connectivity index (χ4v) is 3.32. The van der Waals surface area contributed by atoms with Gasteiger partial charge in [0.15, 0.2) is 6.10 Å². The number of hydrogen-bond donors (Lipinski definition) is 1. The molecule has 1 atom stereocenters. The molecule has 0 saturated carbocycles. The minimum Gasteiger partial charge on any atom is -0.481 e. The van der Waals surface area contributed by atoms with Crippen LogP contribution in [0.5, 0.6) is 5.75 Å². The highest BCUT2D eigenvalue weighted by atomic mass is 16.5. The van der Waals surface area contributed by atoms with E-state index in [0.717, 1.165) is 18.7 Å². The summed E-state index contributed by atoms with van der Waals surface area (Å²) in [6.07, 6.45) is -0.0616. The molecule has 2 amide bonds. The summed E-state index contributed by atoms with van der Waals surface area (Å²) >= 11 is 0. The molecule has 6 heteroatoms. The summed E-state index contributed by atoms with van der Waals surface area (Å²) in [6, 6.07) is 14.7. The van der Waals surface area contributed by atoms with Gasteiger partial charge in [0.05, 0.1) is 0 Å². The number of ether oxygens (including phenoxy) is 1. The van der Waals surface area contributed by atoms with Gasteiger partial charge in [-0.25, -0.2) is 0 Å². The third-order valence-electron chi connectivity index (χ3n) is 5.10. The standard InChI is InChI=1S/C23H29N3O3/c1-4-21(29-20-10-5-7-17(2)15-20)22(27)24-19-9-6-8-18(16-19)23(28)26-13-11-25(3)12-14-26/h5-10,15-16,21H,4,11-14H2,1-3H3,(H,24,27). The highest BCUT2D eigenvalue weighted by molar-refractivity contribution is 5.98. The topological polar surface area (TPSA) is 61.9 Å². The van der Waals surface area contributed by atoms with E-state index in [-0.39, 0.29) is 11.8 Å². The van der Waals surface area contributed by atoms with Crippen LogP contribution in [0.3, 0.4) is 0 Å². The lowest BCUT2D eigenvalue weighted by molar-refractivity contribution is -0.122. The van der Waals surface area contributed by atoms with E-state index >= 15 is 0 Å². The fraction of sp³-hybridized carbons (Fsp3) is 0.391. The van der Waals surface area contributed by atoms with Crippen molar-refractivity contribution in [3.63, 3.8) is 0 Å². The van der Waals surface area contributed by atoms with Gasteiger partial charge in [0.25, 0.3) is 11.8 Å². The quantitative estimate of drug-likeness (QED) is 0.816. The predicted molar refractivity (Wildman–Crippen MR) is 114 cm³/mol. The SMILES string of the molecule is CCC(Oc1cccc(C)c1)C(=O)Nc1cccc(C(=O)N2CCN(C)CC2)c1. The molecule has 1 fully saturated rings. The minimum absolute atomic E-state index is 0.00255. The largest absolute Gasteiger partial charge is 0.481 e.